The fraction of sp³-hybridized carbons (Fsp3) is 0.240. The fourth-order valence-electron chi connectivity index (χ4n) is 3.73. The van der Waals surface area contributed by atoms with Crippen LogP contribution in [0.5, 0.6) is 0 Å². The number of anilines is 1. The van der Waals surface area contributed by atoms with Crippen molar-refractivity contribution in [1.29, 1.82) is 0 Å². The van der Waals surface area contributed by atoms with Gasteiger partial charge in [-0.3, -0.25) is 10.3 Å². The third kappa shape index (κ3) is 5.60. The minimum atomic E-state index is -3.50. The summed E-state index contributed by atoms with van der Waals surface area (Å²) in [4.78, 5) is 3.05. The van der Waals surface area contributed by atoms with Crippen LogP contribution in [0.1, 0.15) is 24.8 Å². The molecule has 0 spiro atoms. The molecule has 1 aliphatic rings. The number of likely N-dealkylation sites (tertiary alicyclic amines) is 1. The summed E-state index contributed by atoms with van der Waals surface area (Å²) in [6, 6.07) is 25.8. The van der Waals surface area contributed by atoms with E-state index in [-0.39, 0.29) is 4.90 Å². The van der Waals surface area contributed by atoms with Crippen LogP contribution >= 0.6 is 0 Å². The zero-order valence-electron chi connectivity index (χ0n) is 17.4. The number of hydrogen-bond donors (Lipinski definition) is 1. The molecule has 160 valence electrons. The summed E-state index contributed by atoms with van der Waals surface area (Å²) in [7, 11) is -3.50. The molecule has 0 amide bonds. The first-order valence-electron chi connectivity index (χ1n) is 10.6. The van der Waals surface area contributed by atoms with Gasteiger partial charge in [-0.05, 0) is 61.3 Å². The van der Waals surface area contributed by atoms with Gasteiger partial charge in [0.1, 0.15) is 0 Å². The molecule has 0 aromatic heterocycles. The largest absolute Gasteiger partial charge is 0.299 e. The van der Waals surface area contributed by atoms with Gasteiger partial charge >= 0.3 is 0 Å². The fourth-order valence-corrected chi connectivity index (χ4v) is 5.01. The molecule has 0 unspecified atom stereocenters. The summed E-state index contributed by atoms with van der Waals surface area (Å²) >= 11 is 0. The van der Waals surface area contributed by atoms with Gasteiger partial charge in [-0.2, -0.15) is 5.10 Å². The van der Waals surface area contributed by atoms with E-state index in [2.05, 4.69) is 39.7 Å². The van der Waals surface area contributed by atoms with Crippen molar-refractivity contribution in [3.63, 3.8) is 0 Å². The van der Waals surface area contributed by atoms with Crippen molar-refractivity contribution in [3.05, 3.63) is 90.5 Å². The molecule has 4 rings (SSSR count). The maximum Gasteiger partial charge on any atom is 0.206 e. The van der Waals surface area contributed by atoms with E-state index in [4.69, 9.17) is 0 Å². The van der Waals surface area contributed by atoms with Gasteiger partial charge in [0.05, 0.1) is 15.5 Å². The Labute approximate surface area is 184 Å². The first-order chi connectivity index (χ1) is 15.1. The van der Waals surface area contributed by atoms with Crippen molar-refractivity contribution < 1.29 is 8.42 Å². The maximum atomic E-state index is 12.7. The molecule has 1 saturated heterocycles. The molecular formula is C25H27N3O2S. The predicted octanol–water partition coefficient (Wildman–Crippen LogP) is 4.97. The Morgan fingerprint density at radius 3 is 2.13 bits per heavy atom. The highest BCUT2D eigenvalue weighted by molar-refractivity contribution is 7.91. The van der Waals surface area contributed by atoms with Crippen molar-refractivity contribution in [2.24, 2.45) is 5.10 Å². The van der Waals surface area contributed by atoms with Crippen LogP contribution in [0.4, 0.5) is 5.69 Å². The molecule has 1 fully saturated rings. The van der Waals surface area contributed by atoms with Crippen LogP contribution in [-0.2, 0) is 16.4 Å². The van der Waals surface area contributed by atoms with Crippen molar-refractivity contribution in [1.82, 2.24) is 4.90 Å². The standard InChI is InChI=1S/C25H27N3O2S/c29-31(30,24-11-5-2-6-12-24)25-15-13-23(14-16-25)27-26-22-10-7-18-28(19-17-22)20-21-8-3-1-4-9-21/h1-6,8-9,11-16,27H,7,10,17-20H2/b26-22+. The van der Waals surface area contributed by atoms with E-state index in [1.54, 1.807) is 54.6 Å². The van der Waals surface area contributed by atoms with E-state index in [0.717, 1.165) is 50.3 Å². The van der Waals surface area contributed by atoms with Gasteiger partial charge in [0, 0.05) is 25.2 Å². The lowest BCUT2D eigenvalue weighted by Crippen LogP contribution is -2.24. The Bertz CT molecular complexity index is 1110. The molecule has 31 heavy (non-hydrogen) atoms. The smallest absolute Gasteiger partial charge is 0.206 e. The zero-order valence-corrected chi connectivity index (χ0v) is 18.3. The van der Waals surface area contributed by atoms with Crippen molar-refractivity contribution in [2.45, 2.75) is 35.6 Å². The maximum absolute atomic E-state index is 12.7. The lowest BCUT2D eigenvalue weighted by Gasteiger charge is -2.19. The molecular weight excluding hydrogens is 406 g/mol. The SMILES string of the molecule is O=S(=O)(c1ccccc1)c1ccc(N/N=C2\CCCN(Cc3ccccc3)CC2)cc1. The van der Waals surface area contributed by atoms with E-state index in [9.17, 15) is 8.42 Å². The Hall–Kier alpha value is -2.96. The van der Waals surface area contributed by atoms with Crippen LogP contribution in [0, 0.1) is 0 Å². The molecule has 3 aromatic carbocycles. The average molecular weight is 434 g/mol. The van der Waals surface area contributed by atoms with Crippen LogP contribution in [0.2, 0.25) is 0 Å². The molecule has 0 saturated carbocycles. The number of nitrogens with one attached hydrogen (secondary N) is 1. The van der Waals surface area contributed by atoms with Crippen LogP contribution < -0.4 is 5.43 Å². The van der Waals surface area contributed by atoms with E-state index in [1.807, 2.05) is 6.07 Å². The van der Waals surface area contributed by atoms with Gasteiger partial charge in [-0.25, -0.2) is 8.42 Å². The molecule has 5 nitrogen and oxygen atoms in total. The van der Waals surface area contributed by atoms with Gasteiger partial charge in [0.2, 0.25) is 9.84 Å². The molecule has 1 N–H and O–H groups in total. The summed E-state index contributed by atoms with van der Waals surface area (Å²) in [6.07, 6.45) is 2.99. The lowest BCUT2D eigenvalue weighted by molar-refractivity contribution is 0.279. The summed E-state index contributed by atoms with van der Waals surface area (Å²) in [5.74, 6) is 0. The lowest BCUT2D eigenvalue weighted by atomic mass is 10.2. The second-order valence-electron chi connectivity index (χ2n) is 7.75. The van der Waals surface area contributed by atoms with E-state index in [0.29, 0.717) is 4.90 Å². The van der Waals surface area contributed by atoms with Gasteiger partial charge in [0.15, 0.2) is 0 Å². The molecule has 1 heterocycles. The van der Waals surface area contributed by atoms with E-state index >= 15 is 0 Å². The first kappa shape index (κ1) is 21.3. The molecule has 0 bridgehead atoms. The van der Waals surface area contributed by atoms with Crippen molar-refractivity contribution in [3.8, 4) is 0 Å². The number of hydrazone groups is 1. The van der Waals surface area contributed by atoms with Crippen LogP contribution in [0.15, 0.2) is 99.8 Å². The minimum Gasteiger partial charge on any atom is -0.299 e. The summed E-state index contributed by atoms with van der Waals surface area (Å²) in [6.45, 7) is 3.03. The van der Waals surface area contributed by atoms with Crippen molar-refractivity contribution >= 4 is 21.2 Å². The zero-order chi connectivity index (χ0) is 21.5. The Morgan fingerprint density at radius 1 is 0.774 bits per heavy atom. The number of rotatable bonds is 6. The van der Waals surface area contributed by atoms with Crippen LogP contribution in [0.25, 0.3) is 0 Å². The molecule has 0 aliphatic carbocycles. The topological polar surface area (TPSA) is 61.8 Å². The highest BCUT2D eigenvalue weighted by atomic mass is 32.2. The molecule has 1 aliphatic heterocycles. The van der Waals surface area contributed by atoms with Crippen molar-refractivity contribution in [2.75, 3.05) is 18.5 Å². The number of nitrogens with zero attached hydrogens (tertiary/aromatic N) is 2. The second kappa shape index (κ2) is 9.90. The molecule has 0 atom stereocenters. The average Bonchev–Trinajstić information content (AvgIpc) is 3.04. The number of hydrogen-bond acceptors (Lipinski definition) is 5. The Balaban J connectivity index is 1.35. The minimum absolute atomic E-state index is 0.280. The molecule has 6 heteroatoms. The quantitative estimate of drug-likeness (QED) is 0.558. The predicted molar refractivity (Wildman–Crippen MR) is 125 cm³/mol. The molecule has 0 radical (unpaired) electrons. The van der Waals surface area contributed by atoms with Gasteiger partial charge < -0.3 is 0 Å². The van der Waals surface area contributed by atoms with Crippen LogP contribution in [0.3, 0.4) is 0 Å². The van der Waals surface area contributed by atoms with E-state index in [1.165, 1.54) is 5.56 Å². The number of sulfone groups is 1. The number of benzene rings is 3. The normalized spacial score (nSPS) is 16.7. The highest BCUT2D eigenvalue weighted by Gasteiger charge is 2.17. The van der Waals surface area contributed by atoms with Gasteiger partial charge in [-0.1, -0.05) is 48.5 Å². The summed E-state index contributed by atoms with van der Waals surface area (Å²) in [5.41, 5.74) is 6.37. The summed E-state index contributed by atoms with van der Waals surface area (Å²) < 4.78 is 25.4. The first-order valence-corrected chi connectivity index (χ1v) is 12.1. The molecule has 3 aromatic rings. The third-order valence-corrected chi connectivity index (χ3v) is 7.25. The Morgan fingerprint density at radius 2 is 1.42 bits per heavy atom. The van der Waals surface area contributed by atoms with Crippen LogP contribution in [-0.4, -0.2) is 32.1 Å². The Kier molecular flexibility index (Phi) is 6.79. The van der Waals surface area contributed by atoms with E-state index < -0.39 is 9.84 Å². The summed E-state index contributed by atoms with van der Waals surface area (Å²) in [5, 5.41) is 4.60. The monoisotopic (exact) mass is 433 g/mol. The third-order valence-electron chi connectivity index (χ3n) is 5.47. The highest BCUT2D eigenvalue weighted by Crippen LogP contribution is 2.22. The second-order valence-corrected chi connectivity index (χ2v) is 9.70. The van der Waals surface area contributed by atoms with Gasteiger partial charge in [-0.15, -0.1) is 0 Å². The van der Waals surface area contributed by atoms with Gasteiger partial charge in [0.25, 0.3) is 0 Å².